The molecule has 0 spiro atoms. The van der Waals surface area contributed by atoms with Crippen LogP contribution in [0.1, 0.15) is 44.0 Å². The topological polar surface area (TPSA) is 55.1 Å². The van der Waals surface area contributed by atoms with E-state index in [1.165, 1.54) is 36.4 Å². The predicted molar refractivity (Wildman–Crippen MR) is 114 cm³/mol. The number of rotatable bonds is 6. The SMILES string of the molecule is C=C[C@@H](N)c1c(F)cccc1F.C=C[C@@H](N[S@@](=O)C(C)(C)C)c1c(F)cccc1F. The first-order valence-electron chi connectivity index (χ1n) is 9.00. The molecule has 2 aromatic carbocycles. The van der Waals surface area contributed by atoms with Gasteiger partial charge in [0.2, 0.25) is 0 Å². The fraction of sp³-hybridized carbons (Fsp3) is 0.273. The van der Waals surface area contributed by atoms with Crippen molar-refractivity contribution >= 4 is 11.0 Å². The summed E-state index contributed by atoms with van der Waals surface area (Å²) in [4.78, 5) is 0. The average molecular weight is 443 g/mol. The molecular formula is C22H26F4N2OS. The second-order valence-corrected chi connectivity index (χ2v) is 9.24. The van der Waals surface area contributed by atoms with Crippen LogP contribution in [-0.4, -0.2) is 8.96 Å². The second-order valence-electron chi connectivity index (χ2n) is 7.24. The number of hydrogen-bond donors (Lipinski definition) is 2. The highest BCUT2D eigenvalue weighted by molar-refractivity contribution is 7.84. The van der Waals surface area contributed by atoms with Gasteiger partial charge in [0.1, 0.15) is 23.3 Å². The summed E-state index contributed by atoms with van der Waals surface area (Å²) in [6.07, 6.45) is 2.63. The Kier molecular flexibility index (Phi) is 9.61. The van der Waals surface area contributed by atoms with Gasteiger partial charge in [0.25, 0.3) is 0 Å². The highest BCUT2D eigenvalue weighted by atomic mass is 32.2. The third-order valence-electron chi connectivity index (χ3n) is 3.92. The highest BCUT2D eigenvalue weighted by Crippen LogP contribution is 2.23. The first kappa shape index (κ1) is 25.7. The van der Waals surface area contributed by atoms with Gasteiger partial charge in [-0.2, -0.15) is 0 Å². The maximum absolute atomic E-state index is 13.6. The van der Waals surface area contributed by atoms with Crippen molar-refractivity contribution in [2.75, 3.05) is 0 Å². The zero-order valence-electron chi connectivity index (χ0n) is 17.1. The minimum absolute atomic E-state index is 0.132. The molecule has 3 nitrogen and oxygen atoms in total. The van der Waals surface area contributed by atoms with Crippen LogP contribution < -0.4 is 10.5 Å². The van der Waals surface area contributed by atoms with Crippen molar-refractivity contribution < 1.29 is 21.8 Å². The normalized spacial score (nSPS) is 14.1. The lowest BCUT2D eigenvalue weighted by molar-refractivity contribution is 0.535. The Hall–Kier alpha value is -2.29. The minimum Gasteiger partial charge on any atom is -0.321 e. The molecule has 0 aliphatic heterocycles. The van der Waals surface area contributed by atoms with E-state index in [2.05, 4.69) is 17.9 Å². The molecule has 0 saturated heterocycles. The molecule has 0 saturated carbocycles. The Morgan fingerprint density at radius 1 is 0.900 bits per heavy atom. The van der Waals surface area contributed by atoms with Crippen LogP contribution in [-0.2, 0) is 11.0 Å². The molecule has 2 aromatic rings. The summed E-state index contributed by atoms with van der Waals surface area (Å²) in [6, 6.07) is 5.63. The molecule has 2 rings (SSSR count). The molecule has 0 radical (unpaired) electrons. The quantitative estimate of drug-likeness (QED) is 0.465. The van der Waals surface area contributed by atoms with E-state index in [-0.39, 0.29) is 11.1 Å². The largest absolute Gasteiger partial charge is 0.321 e. The minimum atomic E-state index is -1.44. The molecule has 30 heavy (non-hydrogen) atoms. The number of nitrogens with two attached hydrogens (primary N) is 1. The van der Waals surface area contributed by atoms with E-state index in [0.29, 0.717) is 0 Å². The molecule has 164 valence electrons. The van der Waals surface area contributed by atoms with E-state index < -0.39 is 51.1 Å². The van der Waals surface area contributed by atoms with E-state index in [1.807, 2.05) is 0 Å². The van der Waals surface area contributed by atoms with Gasteiger partial charge < -0.3 is 5.73 Å². The van der Waals surface area contributed by atoms with Gasteiger partial charge in [-0.05, 0) is 45.0 Å². The zero-order valence-corrected chi connectivity index (χ0v) is 17.9. The average Bonchev–Trinajstić information content (AvgIpc) is 2.66. The molecule has 0 amide bonds. The molecule has 3 atom stereocenters. The summed E-state index contributed by atoms with van der Waals surface area (Å²) in [6.45, 7) is 12.2. The Labute approximate surface area is 177 Å². The summed E-state index contributed by atoms with van der Waals surface area (Å²) in [5.41, 5.74) is 5.10. The van der Waals surface area contributed by atoms with Crippen LogP contribution >= 0.6 is 0 Å². The molecule has 0 aliphatic carbocycles. The van der Waals surface area contributed by atoms with E-state index in [0.717, 1.165) is 12.1 Å². The first-order valence-corrected chi connectivity index (χ1v) is 10.2. The third-order valence-corrected chi connectivity index (χ3v) is 5.50. The van der Waals surface area contributed by atoms with Crippen molar-refractivity contribution in [2.45, 2.75) is 37.6 Å². The molecular weight excluding hydrogens is 416 g/mol. The molecule has 8 heteroatoms. The van der Waals surface area contributed by atoms with Gasteiger partial charge in [0.05, 0.1) is 27.8 Å². The molecule has 0 fully saturated rings. The Balaban J connectivity index is 0.000000325. The monoisotopic (exact) mass is 442 g/mol. The summed E-state index contributed by atoms with van der Waals surface area (Å²) >= 11 is 0. The summed E-state index contributed by atoms with van der Waals surface area (Å²) in [5, 5.41) is 0. The molecule has 0 aromatic heterocycles. The number of nitrogens with one attached hydrogen (secondary N) is 1. The Morgan fingerprint density at radius 3 is 1.63 bits per heavy atom. The summed E-state index contributed by atoms with van der Waals surface area (Å²) in [5.74, 6) is -2.64. The molecule has 0 unspecified atom stereocenters. The van der Waals surface area contributed by atoms with Gasteiger partial charge >= 0.3 is 0 Å². The van der Waals surface area contributed by atoms with Crippen LogP contribution in [0.4, 0.5) is 17.6 Å². The lowest BCUT2D eigenvalue weighted by Crippen LogP contribution is -2.35. The Bertz CT molecular complexity index is 872. The molecule has 0 heterocycles. The molecule has 0 aliphatic rings. The van der Waals surface area contributed by atoms with Gasteiger partial charge in [-0.1, -0.05) is 24.3 Å². The van der Waals surface area contributed by atoms with E-state index in [1.54, 1.807) is 20.8 Å². The number of hydrogen-bond acceptors (Lipinski definition) is 2. The van der Waals surface area contributed by atoms with Gasteiger partial charge in [0.15, 0.2) is 0 Å². The summed E-state index contributed by atoms with van der Waals surface area (Å²) < 4.78 is 67.1. The fourth-order valence-corrected chi connectivity index (χ4v) is 3.07. The van der Waals surface area contributed by atoms with E-state index in [9.17, 15) is 21.8 Å². The van der Waals surface area contributed by atoms with Gasteiger partial charge in [-0.3, -0.25) is 0 Å². The van der Waals surface area contributed by atoms with Crippen molar-refractivity contribution in [3.63, 3.8) is 0 Å². The van der Waals surface area contributed by atoms with Crippen LogP contribution in [0.3, 0.4) is 0 Å². The lowest BCUT2D eigenvalue weighted by atomic mass is 10.1. The van der Waals surface area contributed by atoms with Crippen molar-refractivity contribution in [1.29, 1.82) is 0 Å². The fourth-order valence-electron chi connectivity index (χ4n) is 2.27. The van der Waals surface area contributed by atoms with E-state index in [4.69, 9.17) is 5.73 Å². The van der Waals surface area contributed by atoms with Gasteiger partial charge in [0, 0.05) is 11.1 Å². The standard InChI is InChI=1S/C13H17F2NOS.C9H9F2N/c1-5-11(16-18(17)13(2,3)4)12-9(14)7-6-8-10(12)15;1-2-8(12)9-6(10)4-3-5-7(9)11/h5-8,11,16H,1H2,2-4H3;2-5,8H,1,12H2/t11-,18+;8-/m11/s1. The highest BCUT2D eigenvalue weighted by Gasteiger charge is 2.25. The van der Waals surface area contributed by atoms with Gasteiger partial charge in [-0.25, -0.2) is 26.5 Å². The van der Waals surface area contributed by atoms with Crippen LogP contribution in [0.25, 0.3) is 0 Å². The molecule has 3 N–H and O–H groups in total. The number of benzene rings is 2. The predicted octanol–water partition coefficient (Wildman–Crippen LogP) is 5.39. The van der Waals surface area contributed by atoms with Crippen LogP contribution in [0.15, 0.2) is 61.7 Å². The Morgan fingerprint density at radius 2 is 1.30 bits per heavy atom. The van der Waals surface area contributed by atoms with Crippen LogP contribution in [0.5, 0.6) is 0 Å². The molecule has 0 bridgehead atoms. The van der Waals surface area contributed by atoms with Crippen molar-refractivity contribution in [3.8, 4) is 0 Å². The number of halogens is 4. The zero-order chi connectivity index (χ0) is 23.1. The second kappa shape index (κ2) is 11.2. The maximum Gasteiger partial charge on any atom is 0.131 e. The third kappa shape index (κ3) is 6.90. The van der Waals surface area contributed by atoms with Crippen LogP contribution in [0, 0.1) is 23.3 Å². The summed E-state index contributed by atoms with van der Waals surface area (Å²) in [7, 11) is -1.44. The smallest absolute Gasteiger partial charge is 0.131 e. The first-order chi connectivity index (χ1) is 13.9. The van der Waals surface area contributed by atoms with Crippen molar-refractivity contribution in [1.82, 2.24) is 4.72 Å². The van der Waals surface area contributed by atoms with E-state index >= 15 is 0 Å². The maximum atomic E-state index is 13.6. The van der Waals surface area contributed by atoms with Crippen molar-refractivity contribution in [3.05, 3.63) is 96.1 Å². The van der Waals surface area contributed by atoms with Gasteiger partial charge in [-0.15, -0.1) is 13.2 Å². The van der Waals surface area contributed by atoms with Crippen LogP contribution in [0.2, 0.25) is 0 Å². The van der Waals surface area contributed by atoms with Crippen molar-refractivity contribution in [2.24, 2.45) is 5.73 Å². The lowest BCUT2D eigenvalue weighted by Gasteiger charge is -2.23.